The largest absolute Gasteiger partial charge is 0.353 e. The van der Waals surface area contributed by atoms with Crippen molar-refractivity contribution in [1.29, 1.82) is 0 Å². The molecule has 1 aliphatic heterocycles. The molecule has 0 aliphatic carbocycles. The third kappa shape index (κ3) is 4.58. The summed E-state index contributed by atoms with van der Waals surface area (Å²) in [6.07, 6.45) is 0. The molecule has 1 heterocycles. The number of likely N-dealkylation sites (N-methyl/N-ethyl adjacent to an activating group) is 1. The van der Waals surface area contributed by atoms with Crippen molar-refractivity contribution in [2.24, 2.45) is 0 Å². The van der Waals surface area contributed by atoms with Gasteiger partial charge in [-0.1, -0.05) is 60.7 Å². The second kappa shape index (κ2) is 9.54. The maximum Gasteiger partial charge on any atom is 0.326 e. The molecule has 2 aromatic carbocycles. The quantitative estimate of drug-likeness (QED) is 0.671. The molecule has 4 amide bonds. The molecule has 1 fully saturated rings. The molecule has 0 bridgehead atoms. The van der Waals surface area contributed by atoms with E-state index in [4.69, 9.17) is 0 Å². The Morgan fingerprint density at radius 1 is 1.00 bits per heavy atom. The van der Waals surface area contributed by atoms with Crippen LogP contribution in [0.1, 0.15) is 11.1 Å². The third-order valence-electron chi connectivity index (χ3n) is 4.70. The molecular weight excluding hydrogens is 392 g/mol. The fraction of sp³-hybridized carbons (Fsp3) is 0.286. The summed E-state index contributed by atoms with van der Waals surface area (Å²) in [5, 5.41) is 5.56. The Hall–Kier alpha value is -2.90. The van der Waals surface area contributed by atoms with E-state index < -0.39 is 17.5 Å². The van der Waals surface area contributed by atoms with Gasteiger partial charge in [-0.25, -0.2) is 4.79 Å². The van der Waals surface area contributed by atoms with Gasteiger partial charge in [-0.15, -0.1) is 12.4 Å². The molecule has 0 aromatic heterocycles. The van der Waals surface area contributed by atoms with Gasteiger partial charge in [0.05, 0.1) is 0 Å². The van der Waals surface area contributed by atoms with Crippen LogP contribution in [0, 0.1) is 0 Å². The first-order valence-corrected chi connectivity index (χ1v) is 9.11. The molecule has 1 saturated heterocycles. The number of carbonyl (C=O) groups excluding carboxylic acids is 3. The summed E-state index contributed by atoms with van der Waals surface area (Å²) in [5.41, 5.74) is -0.0473. The van der Waals surface area contributed by atoms with Crippen LogP contribution in [0.2, 0.25) is 0 Å². The molecule has 0 spiro atoms. The van der Waals surface area contributed by atoms with E-state index in [2.05, 4.69) is 10.6 Å². The highest BCUT2D eigenvalue weighted by molar-refractivity contribution is 6.11. The molecule has 1 aliphatic rings. The van der Waals surface area contributed by atoms with E-state index in [-0.39, 0.29) is 24.9 Å². The lowest BCUT2D eigenvalue weighted by Gasteiger charge is -2.28. The zero-order chi connectivity index (χ0) is 20.1. The fourth-order valence-corrected chi connectivity index (χ4v) is 3.27. The number of nitrogens with one attached hydrogen (secondary N) is 2. The zero-order valence-electron chi connectivity index (χ0n) is 16.4. The van der Waals surface area contributed by atoms with Crippen LogP contribution < -0.4 is 10.6 Å². The highest BCUT2D eigenvalue weighted by Crippen LogP contribution is 2.35. The second-order valence-corrected chi connectivity index (χ2v) is 6.96. The van der Waals surface area contributed by atoms with E-state index in [0.29, 0.717) is 24.2 Å². The van der Waals surface area contributed by atoms with E-state index in [1.54, 1.807) is 24.3 Å². The summed E-state index contributed by atoms with van der Waals surface area (Å²) >= 11 is 0. The number of halogens is 1. The summed E-state index contributed by atoms with van der Waals surface area (Å²) in [5.74, 6) is -0.833. The van der Waals surface area contributed by atoms with Crippen molar-refractivity contribution in [2.45, 2.75) is 5.54 Å². The Kier molecular flexibility index (Phi) is 7.36. The molecule has 7 nitrogen and oxygen atoms in total. The zero-order valence-corrected chi connectivity index (χ0v) is 17.2. The molecule has 2 aromatic rings. The SMILES string of the molecule is CN(C)CCNC(=O)CN1C(=O)NC(c2ccccc2)(c2ccccc2)C1=O.Cl. The molecule has 3 rings (SSSR count). The van der Waals surface area contributed by atoms with Crippen molar-refractivity contribution in [3.8, 4) is 0 Å². The first kappa shape index (κ1) is 22.4. The Labute approximate surface area is 176 Å². The van der Waals surface area contributed by atoms with Crippen molar-refractivity contribution in [2.75, 3.05) is 33.7 Å². The standard InChI is InChI=1S/C21H24N4O3.ClH/c1-24(2)14-13-22-18(26)15-25-19(27)21(23-20(25)28,16-9-5-3-6-10-16)17-11-7-4-8-12-17;/h3-12H,13-15H2,1-2H3,(H,22,26)(H,23,28);1H. The van der Waals surface area contributed by atoms with Crippen LogP contribution in [0.4, 0.5) is 4.79 Å². The summed E-state index contributed by atoms with van der Waals surface area (Å²) in [6, 6.07) is 17.6. The smallest absolute Gasteiger partial charge is 0.326 e. The third-order valence-corrected chi connectivity index (χ3v) is 4.70. The van der Waals surface area contributed by atoms with Gasteiger partial charge in [0.15, 0.2) is 5.54 Å². The summed E-state index contributed by atoms with van der Waals surface area (Å²) < 4.78 is 0. The Bertz CT molecular complexity index is 819. The van der Waals surface area contributed by atoms with Crippen LogP contribution in [0.5, 0.6) is 0 Å². The van der Waals surface area contributed by atoms with Gasteiger partial charge in [-0.05, 0) is 25.2 Å². The minimum atomic E-state index is -1.34. The highest BCUT2D eigenvalue weighted by atomic mass is 35.5. The van der Waals surface area contributed by atoms with Gasteiger partial charge in [0.2, 0.25) is 5.91 Å². The van der Waals surface area contributed by atoms with Gasteiger partial charge in [-0.3, -0.25) is 14.5 Å². The van der Waals surface area contributed by atoms with Gasteiger partial charge >= 0.3 is 6.03 Å². The Morgan fingerprint density at radius 2 is 1.52 bits per heavy atom. The van der Waals surface area contributed by atoms with Crippen molar-refractivity contribution in [3.63, 3.8) is 0 Å². The Balaban J connectivity index is 0.00000300. The van der Waals surface area contributed by atoms with E-state index in [1.807, 2.05) is 55.4 Å². The average Bonchev–Trinajstić information content (AvgIpc) is 2.94. The van der Waals surface area contributed by atoms with Gasteiger partial charge < -0.3 is 15.5 Å². The van der Waals surface area contributed by atoms with E-state index >= 15 is 0 Å². The monoisotopic (exact) mass is 416 g/mol. The molecule has 0 atom stereocenters. The molecule has 154 valence electrons. The summed E-state index contributed by atoms with van der Waals surface area (Å²) in [4.78, 5) is 41.2. The van der Waals surface area contributed by atoms with Crippen LogP contribution in [0.3, 0.4) is 0 Å². The van der Waals surface area contributed by atoms with E-state index in [1.165, 1.54) is 0 Å². The molecular formula is C21H25ClN4O3. The van der Waals surface area contributed by atoms with E-state index in [9.17, 15) is 14.4 Å². The molecule has 8 heteroatoms. The average molecular weight is 417 g/mol. The van der Waals surface area contributed by atoms with Crippen LogP contribution in [-0.2, 0) is 15.1 Å². The van der Waals surface area contributed by atoms with Crippen molar-refractivity contribution >= 4 is 30.3 Å². The maximum absolute atomic E-state index is 13.4. The predicted molar refractivity (Wildman–Crippen MR) is 113 cm³/mol. The molecule has 0 radical (unpaired) electrons. The lowest BCUT2D eigenvalue weighted by Crippen LogP contribution is -2.46. The number of urea groups is 1. The first-order chi connectivity index (χ1) is 13.4. The highest BCUT2D eigenvalue weighted by Gasteiger charge is 2.53. The lowest BCUT2D eigenvalue weighted by molar-refractivity contribution is -0.134. The lowest BCUT2D eigenvalue weighted by atomic mass is 9.82. The normalized spacial score (nSPS) is 15.1. The maximum atomic E-state index is 13.4. The minimum absolute atomic E-state index is 0. The van der Waals surface area contributed by atoms with Crippen LogP contribution in [0.25, 0.3) is 0 Å². The van der Waals surface area contributed by atoms with E-state index in [0.717, 1.165) is 4.90 Å². The van der Waals surface area contributed by atoms with Crippen molar-refractivity contribution in [3.05, 3.63) is 71.8 Å². The van der Waals surface area contributed by atoms with Gasteiger partial charge in [-0.2, -0.15) is 0 Å². The molecule has 0 unspecified atom stereocenters. The van der Waals surface area contributed by atoms with Gasteiger partial charge in [0.1, 0.15) is 6.54 Å². The topological polar surface area (TPSA) is 81.8 Å². The second-order valence-electron chi connectivity index (χ2n) is 6.96. The number of carbonyl (C=O) groups is 3. The molecule has 2 N–H and O–H groups in total. The van der Waals surface area contributed by atoms with Crippen LogP contribution in [0.15, 0.2) is 60.7 Å². The fourth-order valence-electron chi connectivity index (χ4n) is 3.27. The number of hydrogen-bond donors (Lipinski definition) is 2. The minimum Gasteiger partial charge on any atom is -0.353 e. The van der Waals surface area contributed by atoms with Crippen LogP contribution >= 0.6 is 12.4 Å². The number of amides is 4. The van der Waals surface area contributed by atoms with Crippen LogP contribution in [-0.4, -0.2) is 61.4 Å². The Morgan fingerprint density at radius 3 is 2.00 bits per heavy atom. The molecule has 0 saturated carbocycles. The number of benzene rings is 2. The van der Waals surface area contributed by atoms with Crippen molar-refractivity contribution in [1.82, 2.24) is 20.4 Å². The number of imide groups is 1. The first-order valence-electron chi connectivity index (χ1n) is 9.11. The van der Waals surface area contributed by atoms with Crippen molar-refractivity contribution < 1.29 is 14.4 Å². The van der Waals surface area contributed by atoms with Gasteiger partial charge in [0.25, 0.3) is 5.91 Å². The number of hydrogen-bond acceptors (Lipinski definition) is 4. The number of nitrogens with zero attached hydrogens (tertiary/aromatic N) is 2. The molecule has 29 heavy (non-hydrogen) atoms. The summed E-state index contributed by atoms with van der Waals surface area (Å²) in [7, 11) is 3.80. The number of rotatable bonds is 7. The predicted octanol–water partition coefficient (Wildman–Crippen LogP) is 1.58. The van der Waals surface area contributed by atoms with Gasteiger partial charge in [0, 0.05) is 13.1 Å². The summed E-state index contributed by atoms with van der Waals surface area (Å²) in [6.45, 7) is 0.793.